The van der Waals surface area contributed by atoms with Gasteiger partial charge in [0, 0.05) is 38.5 Å². The van der Waals surface area contributed by atoms with E-state index >= 15 is 0 Å². The largest absolute Gasteiger partial charge is 0.491 e. The number of piperidine rings is 1. The molecule has 0 saturated carbocycles. The number of aliphatic hydroxyl groups excluding tert-OH is 1. The maximum Gasteiger partial charge on any atom is 0.260 e. The molecule has 2 aromatic carbocycles. The first-order valence-corrected chi connectivity index (χ1v) is 12.5. The first kappa shape index (κ1) is 25.9. The number of amides is 2. The van der Waals surface area contributed by atoms with Crippen LogP contribution in [0.15, 0.2) is 53.6 Å². The van der Waals surface area contributed by atoms with Gasteiger partial charge in [0.05, 0.1) is 10.7 Å². The number of hydrogen-bond donors (Lipinski definition) is 3. The lowest BCUT2D eigenvalue weighted by atomic mass is 10.0. The number of ether oxygens (including phenoxy) is 2. The summed E-state index contributed by atoms with van der Waals surface area (Å²) in [5, 5.41) is 18.0. The highest BCUT2D eigenvalue weighted by Gasteiger charge is 2.24. The maximum absolute atomic E-state index is 12.6. The molecule has 0 aliphatic carbocycles. The Morgan fingerprint density at radius 2 is 1.94 bits per heavy atom. The van der Waals surface area contributed by atoms with Gasteiger partial charge >= 0.3 is 0 Å². The summed E-state index contributed by atoms with van der Waals surface area (Å²) in [6.45, 7) is 1.80. The van der Waals surface area contributed by atoms with Crippen LogP contribution in [-0.4, -0.2) is 72.5 Å². The second-order valence-corrected chi connectivity index (χ2v) is 9.28. The maximum atomic E-state index is 12.6. The molecule has 1 atom stereocenters. The second kappa shape index (κ2) is 12.7. The highest BCUT2D eigenvalue weighted by molar-refractivity contribution is 6.32. The molecule has 1 saturated heterocycles. The van der Waals surface area contributed by atoms with Crippen LogP contribution in [-0.2, 0) is 9.59 Å². The highest BCUT2D eigenvalue weighted by atomic mass is 35.5. The predicted octanol–water partition coefficient (Wildman–Crippen LogP) is 2.35. The van der Waals surface area contributed by atoms with Gasteiger partial charge in [-0.15, -0.1) is 0 Å². The summed E-state index contributed by atoms with van der Waals surface area (Å²) in [5.74, 6) is 0.965. The molecule has 3 N–H and O–H groups in total. The molecule has 0 bridgehead atoms. The first-order valence-electron chi connectivity index (χ1n) is 12.1. The SMILES string of the molecule is O=C1CCC(c2ccc(OCC(=O)N3CCC(NCC(O)COc4ccccc4)CC3)c(Cl)c2)=NN1. The van der Waals surface area contributed by atoms with Gasteiger partial charge in [-0.2, -0.15) is 5.10 Å². The number of benzene rings is 2. The van der Waals surface area contributed by atoms with Gasteiger partial charge in [-0.3, -0.25) is 9.59 Å². The van der Waals surface area contributed by atoms with Crippen molar-refractivity contribution in [3.8, 4) is 11.5 Å². The number of hydrogen-bond acceptors (Lipinski definition) is 7. The molecule has 2 aromatic rings. The van der Waals surface area contributed by atoms with Gasteiger partial charge < -0.3 is 24.8 Å². The number of carbonyl (C=O) groups is 2. The molecule has 2 amide bonds. The van der Waals surface area contributed by atoms with Crippen molar-refractivity contribution in [1.29, 1.82) is 0 Å². The summed E-state index contributed by atoms with van der Waals surface area (Å²) in [4.78, 5) is 25.7. The van der Waals surface area contributed by atoms with Crippen LogP contribution in [0.4, 0.5) is 0 Å². The molecular weight excluding hydrogens is 484 g/mol. The van der Waals surface area contributed by atoms with Gasteiger partial charge in [-0.05, 0) is 48.7 Å². The number of nitrogens with one attached hydrogen (secondary N) is 2. The zero-order chi connectivity index (χ0) is 25.3. The van der Waals surface area contributed by atoms with E-state index in [1.165, 1.54) is 0 Å². The summed E-state index contributed by atoms with van der Waals surface area (Å²) in [6.07, 6.45) is 1.92. The van der Waals surface area contributed by atoms with E-state index in [4.69, 9.17) is 21.1 Å². The predicted molar refractivity (Wildman–Crippen MR) is 136 cm³/mol. The van der Waals surface area contributed by atoms with Crippen molar-refractivity contribution in [2.45, 2.75) is 37.8 Å². The summed E-state index contributed by atoms with van der Waals surface area (Å²) >= 11 is 6.35. The zero-order valence-corrected chi connectivity index (χ0v) is 20.7. The fraction of sp³-hybridized carbons (Fsp3) is 0.423. The van der Waals surface area contributed by atoms with Crippen molar-refractivity contribution in [3.63, 3.8) is 0 Å². The molecule has 2 aliphatic rings. The van der Waals surface area contributed by atoms with Gasteiger partial charge in [0.1, 0.15) is 24.2 Å². The molecule has 0 aromatic heterocycles. The number of para-hydroxylation sites is 1. The molecule has 0 radical (unpaired) electrons. The number of aliphatic hydroxyl groups is 1. The van der Waals surface area contributed by atoms with Crippen molar-refractivity contribution in [1.82, 2.24) is 15.6 Å². The Labute approximate surface area is 215 Å². The van der Waals surface area contributed by atoms with Crippen LogP contribution in [0.25, 0.3) is 0 Å². The van der Waals surface area contributed by atoms with Crippen LogP contribution in [0.3, 0.4) is 0 Å². The third kappa shape index (κ3) is 7.43. The second-order valence-electron chi connectivity index (χ2n) is 8.87. The molecule has 36 heavy (non-hydrogen) atoms. The molecule has 1 unspecified atom stereocenters. The number of likely N-dealkylation sites (tertiary alicyclic amines) is 1. The minimum atomic E-state index is -0.613. The highest BCUT2D eigenvalue weighted by Crippen LogP contribution is 2.27. The Hall–Kier alpha value is -3.14. The van der Waals surface area contributed by atoms with E-state index in [1.54, 1.807) is 17.0 Å². The summed E-state index contributed by atoms with van der Waals surface area (Å²) in [7, 11) is 0. The van der Waals surface area contributed by atoms with E-state index in [1.807, 2.05) is 36.4 Å². The first-order chi connectivity index (χ1) is 17.5. The molecule has 4 rings (SSSR count). The molecule has 0 spiro atoms. The van der Waals surface area contributed by atoms with Crippen molar-refractivity contribution in [3.05, 3.63) is 59.1 Å². The Morgan fingerprint density at radius 1 is 1.17 bits per heavy atom. The molecule has 10 heteroatoms. The van der Waals surface area contributed by atoms with Crippen molar-refractivity contribution in [2.24, 2.45) is 5.10 Å². The molecular formula is C26H31ClN4O5. The van der Waals surface area contributed by atoms with E-state index in [9.17, 15) is 14.7 Å². The lowest BCUT2D eigenvalue weighted by Gasteiger charge is -2.33. The summed E-state index contributed by atoms with van der Waals surface area (Å²) in [6, 6.07) is 14.9. The van der Waals surface area contributed by atoms with E-state index < -0.39 is 6.10 Å². The van der Waals surface area contributed by atoms with Gasteiger partial charge in [-0.25, -0.2) is 5.43 Å². The monoisotopic (exact) mass is 514 g/mol. The number of halogens is 1. The van der Waals surface area contributed by atoms with Crippen LogP contribution in [0, 0.1) is 0 Å². The third-order valence-electron chi connectivity index (χ3n) is 6.20. The Kier molecular flexibility index (Phi) is 9.16. The molecule has 1 fully saturated rings. The van der Waals surface area contributed by atoms with Crippen molar-refractivity contribution in [2.75, 3.05) is 32.8 Å². The number of carbonyl (C=O) groups excluding carboxylic acids is 2. The van der Waals surface area contributed by atoms with E-state index in [-0.39, 0.29) is 31.1 Å². The smallest absolute Gasteiger partial charge is 0.260 e. The summed E-state index contributed by atoms with van der Waals surface area (Å²) in [5.41, 5.74) is 4.04. The van der Waals surface area contributed by atoms with Gasteiger partial charge in [-0.1, -0.05) is 29.8 Å². The average Bonchev–Trinajstić information content (AvgIpc) is 2.91. The Morgan fingerprint density at radius 3 is 2.64 bits per heavy atom. The van der Waals surface area contributed by atoms with E-state index in [0.29, 0.717) is 43.2 Å². The standard InChI is InChI=1S/C26H31ClN4O5/c27-22-14-18(23-7-9-25(33)30-29-23)6-8-24(22)36-17-26(34)31-12-10-19(11-13-31)28-15-20(32)16-35-21-4-2-1-3-5-21/h1-6,8,14,19-20,28,32H,7,9-13,15-17H2,(H,30,33). The number of nitrogens with zero attached hydrogens (tertiary/aromatic N) is 2. The van der Waals surface area contributed by atoms with Crippen molar-refractivity contribution >= 4 is 29.1 Å². The van der Waals surface area contributed by atoms with Crippen LogP contribution in [0.5, 0.6) is 11.5 Å². The fourth-order valence-electron chi connectivity index (χ4n) is 4.11. The molecule has 2 heterocycles. The van der Waals surface area contributed by atoms with E-state index in [0.717, 1.165) is 29.9 Å². The van der Waals surface area contributed by atoms with Gasteiger partial charge in [0.2, 0.25) is 5.91 Å². The topological polar surface area (TPSA) is 112 Å². The van der Waals surface area contributed by atoms with Gasteiger partial charge in [0.15, 0.2) is 6.61 Å². The quantitative estimate of drug-likeness (QED) is 0.448. The Bertz CT molecular complexity index is 1070. The molecule has 2 aliphatic heterocycles. The van der Waals surface area contributed by atoms with Crippen molar-refractivity contribution < 1.29 is 24.2 Å². The van der Waals surface area contributed by atoms with Gasteiger partial charge in [0.25, 0.3) is 5.91 Å². The number of hydrazone groups is 1. The number of rotatable bonds is 10. The van der Waals surface area contributed by atoms with Crippen LogP contribution >= 0.6 is 11.6 Å². The third-order valence-corrected chi connectivity index (χ3v) is 6.49. The fourth-order valence-corrected chi connectivity index (χ4v) is 4.35. The lowest BCUT2D eigenvalue weighted by Crippen LogP contribution is -2.48. The minimum Gasteiger partial charge on any atom is -0.491 e. The minimum absolute atomic E-state index is 0.0933. The van der Waals surface area contributed by atoms with Crippen LogP contribution < -0.4 is 20.2 Å². The van der Waals surface area contributed by atoms with Crippen LogP contribution in [0.1, 0.15) is 31.2 Å². The lowest BCUT2D eigenvalue weighted by molar-refractivity contribution is -0.134. The van der Waals surface area contributed by atoms with Crippen LogP contribution in [0.2, 0.25) is 5.02 Å². The van der Waals surface area contributed by atoms with E-state index in [2.05, 4.69) is 15.8 Å². The average molecular weight is 515 g/mol. The zero-order valence-electron chi connectivity index (χ0n) is 20.0. The Balaban J connectivity index is 1.15. The summed E-state index contributed by atoms with van der Waals surface area (Å²) < 4.78 is 11.3. The molecule has 9 nitrogen and oxygen atoms in total. The molecule has 192 valence electrons. The normalized spacial score (nSPS) is 17.2.